The Bertz CT molecular complexity index is 3480. The van der Waals surface area contributed by atoms with Crippen molar-refractivity contribution in [3.8, 4) is 39.1 Å². The highest BCUT2D eigenvalue weighted by Crippen LogP contribution is 2.63. The van der Waals surface area contributed by atoms with E-state index >= 15 is 0 Å². The molecule has 2 aliphatic rings. The Morgan fingerprint density at radius 3 is 1.61 bits per heavy atom. The molecule has 2 aliphatic carbocycles. The molecule has 0 unspecified atom stereocenters. The lowest BCUT2D eigenvalue weighted by atomic mass is 9.70. The van der Waals surface area contributed by atoms with Gasteiger partial charge in [0, 0.05) is 33.5 Å². The maximum absolute atomic E-state index is 2.49. The van der Waals surface area contributed by atoms with Crippen molar-refractivity contribution in [3.05, 3.63) is 253 Å². The molecule has 0 bridgehead atoms. The highest BCUT2D eigenvalue weighted by Gasteiger charge is 2.51. The van der Waals surface area contributed by atoms with Crippen molar-refractivity contribution < 1.29 is 0 Å². The lowest BCUT2D eigenvalue weighted by molar-refractivity contribution is 0.793. The van der Waals surface area contributed by atoms with Gasteiger partial charge in [-0.2, -0.15) is 0 Å². The molecule has 2 nitrogen and oxygen atoms in total. The van der Waals surface area contributed by atoms with Gasteiger partial charge in [0.25, 0.3) is 0 Å². The van der Waals surface area contributed by atoms with Crippen molar-refractivity contribution in [2.45, 2.75) is 5.41 Å². The van der Waals surface area contributed by atoms with Crippen molar-refractivity contribution in [1.29, 1.82) is 0 Å². The first-order chi connectivity index (χ1) is 30.3. The normalized spacial score (nSPS) is 13.0. The van der Waals surface area contributed by atoms with Crippen molar-refractivity contribution >= 4 is 49.6 Å². The minimum atomic E-state index is -0.447. The van der Waals surface area contributed by atoms with Crippen LogP contribution in [0.25, 0.3) is 71.6 Å². The molecular weight excluding hydrogens is 737 g/mol. The SMILES string of the molecule is c1ccc(N(c2ccc3c(c2)C2(c4ccccc4-c4ccccc42)c2ccccc2-3)c2cc(-c3ccc4ccccc4c3)c3c4ccccc4n(-c4ccccc4)c3c2)cc1. The number of benzene rings is 10. The van der Waals surface area contributed by atoms with Crippen molar-refractivity contribution in [2.75, 3.05) is 4.90 Å². The minimum Gasteiger partial charge on any atom is -0.310 e. The van der Waals surface area contributed by atoms with E-state index in [1.165, 1.54) is 82.7 Å². The highest BCUT2D eigenvalue weighted by atomic mass is 15.1. The molecule has 284 valence electrons. The first-order valence-electron chi connectivity index (χ1n) is 21.2. The molecule has 0 amide bonds. The van der Waals surface area contributed by atoms with Crippen LogP contribution in [0.15, 0.2) is 231 Å². The average molecular weight is 775 g/mol. The monoisotopic (exact) mass is 774 g/mol. The molecule has 0 atom stereocenters. The largest absolute Gasteiger partial charge is 0.310 e. The predicted octanol–water partition coefficient (Wildman–Crippen LogP) is 15.4. The summed E-state index contributed by atoms with van der Waals surface area (Å²) in [5.74, 6) is 0. The molecule has 1 heterocycles. The van der Waals surface area contributed by atoms with Gasteiger partial charge in [0.05, 0.1) is 16.4 Å². The number of hydrogen-bond donors (Lipinski definition) is 0. The van der Waals surface area contributed by atoms with E-state index in [1.54, 1.807) is 0 Å². The molecule has 0 aliphatic heterocycles. The van der Waals surface area contributed by atoms with E-state index in [9.17, 15) is 0 Å². The van der Waals surface area contributed by atoms with Gasteiger partial charge >= 0.3 is 0 Å². The molecule has 0 saturated carbocycles. The van der Waals surface area contributed by atoms with Crippen molar-refractivity contribution in [1.82, 2.24) is 4.57 Å². The summed E-state index contributed by atoms with van der Waals surface area (Å²) in [6.07, 6.45) is 0. The quantitative estimate of drug-likeness (QED) is 0.169. The van der Waals surface area contributed by atoms with Crippen molar-refractivity contribution in [3.63, 3.8) is 0 Å². The van der Waals surface area contributed by atoms with Crippen LogP contribution >= 0.6 is 0 Å². The number of anilines is 3. The van der Waals surface area contributed by atoms with Gasteiger partial charge in [-0.1, -0.05) is 170 Å². The van der Waals surface area contributed by atoms with Gasteiger partial charge in [-0.25, -0.2) is 0 Å². The Hall–Kier alpha value is -7.94. The first-order valence-corrected chi connectivity index (χ1v) is 21.2. The number of nitrogens with zero attached hydrogens (tertiary/aromatic N) is 2. The molecule has 0 N–H and O–H groups in total. The van der Waals surface area contributed by atoms with Crippen LogP contribution in [0, 0.1) is 0 Å². The maximum atomic E-state index is 2.49. The molecule has 1 spiro atoms. The highest BCUT2D eigenvalue weighted by molar-refractivity contribution is 6.17. The van der Waals surface area contributed by atoms with E-state index in [0.717, 1.165) is 28.3 Å². The smallest absolute Gasteiger partial charge is 0.0726 e. The molecule has 0 radical (unpaired) electrons. The summed E-state index contributed by atoms with van der Waals surface area (Å²) in [6, 6.07) is 85.4. The van der Waals surface area contributed by atoms with Crippen LogP contribution in [0.1, 0.15) is 22.3 Å². The number of aromatic nitrogens is 1. The van der Waals surface area contributed by atoms with E-state index in [-0.39, 0.29) is 0 Å². The third kappa shape index (κ3) is 4.79. The second-order valence-corrected chi connectivity index (χ2v) is 16.4. The lowest BCUT2D eigenvalue weighted by Crippen LogP contribution is -2.26. The summed E-state index contributed by atoms with van der Waals surface area (Å²) in [5.41, 5.74) is 19.3. The molecule has 2 heteroatoms. The van der Waals surface area contributed by atoms with Crippen molar-refractivity contribution in [2.24, 2.45) is 0 Å². The van der Waals surface area contributed by atoms with Gasteiger partial charge in [0.1, 0.15) is 0 Å². The van der Waals surface area contributed by atoms with E-state index in [4.69, 9.17) is 0 Å². The van der Waals surface area contributed by atoms with Crippen LogP contribution in [0.3, 0.4) is 0 Å². The topological polar surface area (TPSA) is 8.17 Å². The number of fused-ring (bicyclic) bond motifs is 14. The van der Waals surface area contributed by atoms with E-state index in [2.05, 4.69) is 240 Å². The Morgan fingerprint density at radius 1 is 0.328 bits per heavy atom. The average Bonchev–Trinajstić information content (AvgIpc) is 3.94. The third-order valence-electron chi connectivity index (χ3n) is 13.3. The fourth-order valence-corrected chi connectivity index (χ4v) is 10.9. The zero-order valence-corrected chi connectivity index (χ0v) is 33.3. The predicted molar refractivity (Wildman–Crippen MR) is 255 cm³/mol. The van der Waals surface area contributed by atoms with Crippen LogP contribution in [0.2, 0.25) is 0 Å². The number of hydrogen-bond acceptors (Lipinski definition) is 1. The lowest BCUT2D eigenvalue weighted by Gasteiger charge is -2.32. The fraction of sp³-hybridized carbons (Fsp3) is 0.0169. The molecule has 0 fully saturated rings. The molecular formula is C59H38N2. The Labute approximate surface area is 354 Å². The zero-order valence-electron chi connectivity index (χ0n) is 33.3. The minimum absolute atomic E-state index is 0.447. The van der Waals surface area contributed by atoms with Crippen LogP contribution < -0.4 is 4.90 Å². The van der Waals surface area contributed by atoms with Crippen LogP contribution in [0.5, 0.6) is 0 Å². The summed E-state index contributed by atoms with van der Waals surface area (Å²) in [4.78, 5) is 2.47. The van der Waals surface area contributed by atoms with Gasteiger partial charge in [-0.05, 0) is 127 Å². The van der Waals surface area contributed by atoms with Crippen LogP contribution in [-0.4, -0.2) is 4.57 Å². The third-order valence-corrected chi connectivity index (χ3v) is 13.3. The van der Waals surface area contributed by atoms with Crippen LogP contribution in [-0.2, 0) is 5.41 Å². The van der Waals surface area contributed by atoms with Gasteiger partial charge in [-0.3, -0.25) is 0 Å². The van der Waals surface area contributed by atoms with Gasteiger partial charge in [0.15, 0.2) is 0 Å². The van der Waals surface area contributed by atoms with Crippen LogP contribution in [0.4, 0.5) is 17.1 Å². The second-order valence-electron chi connectivity index (χ2n) is 16.4. The van der Waals surface area contributed by atoms with Gasteiger partial charge in [-0.15, -0.1) is 0 Å². The Morgan fingerprint density at radius 2 is 0.902 bits per heavy atom. The maximum Gasteiger partial charge on any atom is 0.0726 e. The van der Waals surface area contributed by atoms with E-state index in [1.807, 2.05) is 0 Å². The molecule has 13 rings (SSSR count). The summed E-state index contributed by atoms with van der Waals surface area (Å²) >= 11 is 0. The molecule has 10 aromatic carbocycles. The first kappa shape index (κ1) is 34.0. The Balaban J connectivity index is 1.13. The molecule has 11 aromatic rings. The van der Waals surface area contributed by atoms with Gasteiger partial charge in [0.2, 0.25) is 0 Å². The number of para-hydroxylation sites is 3. The summed E-state index contributed by atoms with van der Waals surface area (Å²) in [6.45, 7) is 0. The second kappa shape index (κ2) is 13.0. The summed E-state index contributed by atoms with van der Waals surface area (Å²) in [5, 5.41) is 4.94. The fourth-order valence-electron chi connectivity index (χ4n) is 10.9. The summed E-state index contributed by atoms with van der Waals surface area (Å²) in [7, 11) is 0. The molecule has 0 saturated heterocycles. The van der Waals surface area contributed by atoms with E-state index in [0.29, 0.717) is 0 Å². The zero-order chi connectivity index (χ0) is 40.1. The number of rotatable bonds is 5. The molecule has 1 aromatic heterocycles. The van der Waals surface area contributed by atoms with E-state index < -0.39 is 5.41 Å². The van der Waals surface area contributed by atoms with Gasteiger partial charge < -0.3 is 9.47 Å². The standard InChI is InChI=1S/C59H38N2/c1-3-19-42(20-4-1)60(44-33-34-49-48-25-11-15-29-54(48)59(55(49)37-44)52-27-13-9-23-46(52)47-24-10-14-28-53(47)59)45-36-51(41-32-31-39-17-7-8-18-40(39)35-41)58-50-26-12-16-30-56(50)61(57(58)38-45)43-21-5-2-6-22-43/h1-38H. The Kier molecular flexibility index (Phi) is 7.26. The summed E-state index contributed by atoms with van der Waals surface area (Å²) < 4.78 is 2.45. The molecule has 61 heavy (non-hydrogen) atoms.